The summed E-state index contributed by atoms with van der Waals surface area (Å²) in [5.41, 5.74) is -1.24. The number of Topliss-reactive ketones (excluding diaryl/α,β-unsaturated/α-hetero) is 1. The average Bonchev–Trinajstić information content (AvgIpc) is 3.06. The highest BCUT2D eigenvalue weighted by molar-refractivity contribution is 5.90. The number of nitriles is 1. The van der Waals surface area contributed by atoms with Crippen molar-refractivity contribution in [3.63, 3.8) is 0 Å². The van der Waals surface area contributed by atoms with Crippen molar-refractivity contribution in [3.8, 4) is 6.07 Å². The number of carbonyl (C=O) groups is 2. The van der Waals surface area contributed by atoms with Crippen LogP contribution in [0.1, 0.15) is 83.3 Å². The van der Waals surface area contributed by atoms with Gasteiger partial charge in [0, 0.05) is 16.9 Å². The van der Waals surface area contributed by atoms with Crippen LogP contribution in [0, 0.1) is 22.7 Å². The first-order chi connectivity index (χ1) is 12.7. The Bertz CT molecular complexity index is 758. The topological polar surface area (TPSA) is 109 Å². The van der Waals surface area contributed by atoms with Gasteiger partial charge in [0.25, 0.3) is 0 Å². The molecule has 0 radical (unpaired) electrons. The Morgan fingerprint density at radius 1 is 1.30 bits per heavy atom. The largest absolute Gasteiger partial charge is 0.350 e. The highest BCUT2D eigenvalue weighted by Gasteiger charge is 2.48. The standard InChI is InChI=1S/C20H28N4O3/c1-19(2)12-20(3,10-14(11-21)17(19)26)23-16(25)9-15-22-18(27-24-15)13-7-5-4-6-8-13/h13-14H,4-10,12H2,1-3H3,(H,23,25). The maximum Gasteiger partial charge on any atom is 0.229 e. The van der Waals surface area contributed by atoms with Crippen molar-refractivity contribution in [3.05, 3.63) is 11.7 Å². The number of amides is 1. The van der Waals surface area contributed by atoms with Gasteiger partial charge in [0.05, 0.1) is 12.5 Å². The second kappa shape index (κ2) is 7.41. The lowest BCUT2D eigenvalue weighted by Crippen LogP contribution is -2.56. The molecule has 1 heterocycles. The van der Waals surface area contributed by atoms with E-state index in [0.29, 0.717) is 30.5 Å². The molecule has 1 aromatic rings. The molecule has 2 saturated carbocycles. The first kappa shape index (κ1) is 19.5. The first-order valence-electron chi connectivity index (χ1n) is 9.80. The molecule has 2 aliphatic rings. The van der Waals surface area contributed by atoms with Gasteiger partial charge in [0.2, 0.25) is 11.8 Å². The van der Waals surface area contributed by atoms with E-state index in [-0.39, 0.29) is 18.1 Å². The summed E-state index contributed by atoms with van der Waals surface area (Å²) >= 11 is 0. The van der Waals surface area contributed by atoms with Gasteiger partial charge >= 0.3 is 0 Å². The molecule has 0 saturated heterocycles. The fourth-order valence-corrected chi connectivity index (χ4v) is 4.73. The van der Waals surface area contributed by atoms with Gasteiger partial charge in [0.1, 0.15) is 5.92 Å². The predicted molar refractivity (Wildman–Crippen MR) is 97.5 cm³/mol. The molecule has 2 atom stereocenters. The van der Waals surface area contributed by atoms with Crippen molar-refractivity contribution in [2.75, 3.05) is 0 Å². The van der Waals surface area contributed by atoms with Crippen molar-refractivity contribution < 1.29 is 14.1 Å². The Labute approximate surface area is 159 Å². The normalized spacial score (nSPS) is 28.5. The number of ketones is 1. The molecule has 27 heavy (non-hydrogen) atoms. The van der Waals surface area contributed by atoms with Crippen LogP contribution in [-0.2, 0) is 16.0 Å². The summed E-state index contributed by atoms with van der Waals surface area (Å²) < 4.78 is 5.37. The van der Waals surface area contributed by atoms with E-state index in [1.807, 2.05) is 20.8 Å². The second-order valence-electron chi connectivity index (χ2n) is 8.98. The minimum Gasteiger partial charge on any atom is -0.350 e. The summed E-state index contributed by atoms with van der Waals surface area (Å²) in [6, 6.07) is 2.09. The quantitative estimate of drug-likeness (QED) is 0.870. The van der Waals surface area contributed by atoms with E-state index >= 15 is 0 Å². The second-order valence-corrected chi connectivity index (χ2v) is 8.98. The van der Waals surface area contributed by atoms with Gasteiger partial charge in [-0.25, -0.2) is 0 Å². The Kier molecular flexibility index (Phi) is 5.36. The molecule has 1 amide bonds. The van der Waals surface area contributed by atoms with Crippen LogP contribution in [0.4, 0.5) is 0 Å². The summed E-state index contributed by atoms with van der Waals surface area (Å²) in [4.78, 5) is 29.3. The SMILES string of the molecule is CC1(NC(=O)Cc2noc(C3CCCCC3)n2)CC(C#N)C(=O)C(C)(C)C1. The molecule has 2 aliphatic carbocycles. The molecule has 3 rings (SSSR count). The summed E-state index contributed by atoms with van der Waals surface area (Å²) in [6.07, 6.45) is 6.60. The van der Waals surface area contributed by atoms with E-state index in [2.05, 4.69) is 21.5 Å². The zero-order valence-corrected chi connectivity index (χ0v) is 16.4. The number of rotatable bonds is 4. The highest BCUT2D eigenvalue weighted by Crippen LogP contribution is 2.41. The minimum absolute atomic E-state index is 0.0391. The van der Waals surface area contributed by atoms with Gasteiger partial charge in [0.15, 0.2) is 11.6 Å². The van der Waals surface area contributed by atoms with Gasteiger partial charge in [-0.3, -0.25) is 9.59 Å². The molecular weight excluding hydrogens is 344 g/mol. The average molecular weight is 372 g/mol. The zero-order valence-electron chi connectivity index (χ0n) is 16.4. The van der Waals surface area contributed by atoms with Crippen LogP contribution in [0.25, 0.3) is 0 Å². The van der Waals surface area contributed by atoms with E-state index in [0.717, 1.165) is 12.8 Å². The van der Waals surface area contributed by atoms with Crippen LogP contribution in [0.15, 0.2) is 4.52 Å². The van der Waals surface area contributed by atoms with E-state index in [9.17, 15) is 14.9 Å². The maximum absolute atomic E-state index is 12.6. The minimum atomic E-state index is -0.692. The Balaban J connectivity index is 1.62. The number of hydrogen-bond donors (Lipinski definition) is 1. The molecular formula is C20H28N4O3. The fourth-order valence-electron chi connectivity index (χ4n) is 4.73. The number of nitrogens with zero attached hydrogens (tertiary/aromatic N) is 3. The number of aromatic nitrogens is 2. The third-order valence-electron chi connectivity index (χ3n) is 5.82. The van der Waals surface area contributed by atoms with E-state index in [1.54, 1.807) is 0 Å². The third kappa shape index (κ3) is 4.37. The number of carbonyl (C=O) groups excluding carboxylic acids is 2. The first-order valence-corrected chi connectivity index (χ1v) is 9.80. The molecule has 0 aromatic carbocycles. The monoisotopic (exact) mass is 372 g/mol. The third-order valence-corrected chi connectivity index (χ3v) is 5.82. The summed E-state index contributed by atoms with van der Waals surface area (Å²) in [6.45, 7) is 5.56. The van der Waals surface area contributed by atoms with Gasteiger partial charge in [-0.1, -0.05) is 38.3 Å². The van der Waals surface area contributed by atoms with Gasteiger partial charge in [-0.2, -0.15) is 10.2 Å². The zero-order chi connectivity index (χ0) is 19.7. The van der Waals surface area contributed by atoms with Gasteiger partial charge < -0.3 is 9.84 Å². The van der Waals surface area contributed by atoms with E-state index < -0.39 is 16.9 Å². The lowest BCUT2D eigenvalue weighted by molar-refractivity contribution is -0.137. The van der Waals surface area contributed by atoms with Gasteiger partial charge in [-0.15, -0.1) is 0 Å². The highest BCUT2D eigenvalue weighted by atomic mass is 16.5. The van der Waals surface area contributed by atoms with Crippen molar-refractivity contribution >= 4 is 11.7 Å². The van der Waals surface area contributed by atoms with Crippen molar-refractivity contribution in [2.24, 2.45) is 11.3 Å². The van der Waals surface area contributed by atoms with Gasteiger partial charge in [-0.05, 0) is 32.6 Å². The Morgan fingerprint density at radius 3 is 2.67 bits per heavy atom. The molecule has 2 unspecified atom stereocenters. The van der Waals surface area contributed by atoms with Crippen LogP contribution in [0.5, 0.6) is 0 Å². The van der Waals surface area contributed by atoms with Crippen molar-refractivity contribution in [2.45, 2.75) is 83.6 Å². The predicted octanol–water partition coefficient (Wildman–Crippen LogP) is 3.06. The molecule has 7 nitrogen and oxygen atoms in total. The molecule has 2 fully saturated rings. The molecule has 7 heteroatoms. The molecule has 1 aromatic heterocycles. The molecule has 0 bridgehead atoms. The molecule has 146 valence electrons. The maximum atomic E-state index is 12.6. The number of hydrogen-bond acceptors (Lipinski definition) is 6. The summed E-state index contributed by atoms with van der Waals surface area (Å²) in [7, 11) is 0. The fraction of sp³-hybridized carbons (Fsp3) is 0.750. The number of nitrogens with one attached hydrogen (secondary N) is 1. The Hall–Kier alpha value is -2.23. The van der Waals surface area contributed by atoms with Crippen LogP contribution < -0.4 is 5.32 Å². The van der Waals surface area contributed by atoms with Crippen LogP contribution in [0.3, 0.4) is 0 Å². The summed E-state index contributed by atoms with van der Waals surface area (Å²) in [5.74, 6) is 0.379. The van der Waals surface area contributed by atoms with Crippen molar-refractivity contribution in [1.82, 2.24) is 15.5 Å². The van der Waals surface area contributed by atoms with E-state index in [1.165, 1.54) is 19.3 Å². The smallest absolute Gasteiger partial charge is 0.229 e. The molecule has 0 aliphatic heterocycles. The molecule has 1 N–H and O–H groups in total. The van der Waals surface area contributed by atoms with E-state index in [4.69, 9.17) is 4.52 Å². The lowest BCUT2D eigenvalue weighted by Gasteiger charge is -2.44. The van der Waals surface area contributed by atoms with Crippen LogP contribution in [-0.4, -0.2) is 27.4 Å². The Morgan fingerprint density at radius 2 is 2.00 bits per heavy atom. The lowest BCUT2D eigenvalue weighted by atomic mass is 9.64. The molecule has 0 spiro atoms. The summed E-state index contributed by atoms with van der Waals surface area (Å²) in [5, 5.41) is 16.3. The van der Waals surface area contributed by atoms with Crippen LogP contribution in [0.2, 0.25) is 0 Å². The van der Waals surface area contributed by atoms with Crippen LogP contribution >= 0.6 is 0 Å². The van der Waals surface area contributed by atoms with Crippen molar-refractivity contribution in [1.29, 1.82) is 5.26 Å².